The molecule has 2 radical (unpaired) electrons. The Morgan fingerprint density at radius 2 is 1.04 bits per heavy atom. The summed E-state index contributed by atoms with van der Waals surface area (Å²) in [6.45, 7) is 38.4. The first-order valence-electron chi connectivity index (χ1n) is 26.3. The van der Waals surface area contributed by atoms with Gasteiger partial charge in [-0.15, -0.1) is 58.0 Å². The molecule has 73 heavy (non-hydrogen) atoms. The minimum absolute atomic E-state index is 0. The van der Waals surface area contributed by atoms with Gasteiger partial charge in [0.15, 0.2) is 0 Å². The third-order valence-electron chi connectivity index (χ3n) is 10.4. The van der Waals surface area contributed by atoms with Crippen molar-refractivity contribution >= 4 is 38.6 Å². The second-order valence-electron chi connectivity index (χ2n) is 14.9. The maximum atomic E-state index is 10.1. The van der Waals surface area contributed by atoms with Gasteiger partial charge in [-0.1, -0.05) is 170 Å². The standard InChI is InChI=1S/C13H17NO.C11H10O.C11H9.C7H8O.C7H7.C5H6S.6C2H6.2Y/c1-9-8-10-4-2-6-14-7-3-5-11(12(10)14)13(9)15;1-8-10-5-3-2-4-9(10)6-7-11(8)12;1-9-5-4-7-10-6-2-3-8-11(9)10;1-6-4-2-3-5-7(6)8;1-7-5-3-2-4-6-7;1-5-3-2-4-6-5;6*1-2;;/h8,15H,2-7H2,1H3;2-7,12H,1H3;2-6,8H,1H3;2-5,8H,1H3;3-6H,1H3;2-4H,1H3;6*1-2H3;;/q;;-1;;-1;;;;;;;;;. The largest absolute Gasteiger partial charge is 0.508 e. The zero-order chi connectivity index (χ0) is 54.1. The summed E-state index contributed by atoms with van der Waals surface area (Å²) in [5.74, 6) is 1.28. The van der Waals surface area contributed by atoms with Gasteiger partial charge in [-0.05, 0) is 110 Å². The SMILES string of the molecule is CC.CC.CC.CC.CC.CC.Cc1c(O)ccc2ccccc12.Cc1cc2c3c(c1O)CCCN3CCC2.Cc1cc[c-]c2ccccc12.Cc1cc[c-]cc1.Cc1ccccc1O.Cc1cccs1.[Y].[Y]. The van der Waals surface area contributed by atoms with Gasteiger partial charge in [0, 0.05) is 94.6 Å². The Morgan fingerprint density at radius 3 is 1.53 bits per heavy atom. The monoisotopic (exact) mass is 1160 g/mol. The molecule has 0 amide bonds. The minimum atomic E-state index is 0. The summed E-state index contributed by atoms with van der Waals surface area (Å²) in [5, 5.41) is 35.3. The molecule has 0 spiro atoms. The molecule has 0 saturated carbocycles. The van der Waals surface area contributed by atoms with E-state index in [0.29, 0.717) is 17.2 Å². The number of thiophene rings is 1. The van der Waals surface area contributed by atoms with E-state index in [9.17, 15) is 10.2 Å². The Hall–Kier alpha value is -3.83. The summed E-state index contributed by atoms with van der Waals surface area (Å²) >= 11 is 1.78. The fraction of sp³-hybridized carbons (Fsp3) is 0.364. The van der Waals surface area contributed by atoms with Gasteiger partial charge in [0.05, 0.1) is 0 Å². The van der Waals surface area contributed by atoms with E-state index < -0.39 is 0 Å². The fourth-order valence-corrected chi connectivity index (χ4v) is 7.64. The van der Waals surface area contributed by atoms with Crippen molar-refractivity contribution in [1.29, 1.82) is 0 Å². The molecule has 0 aliphatic carbocycles. The summed E-state index contributed by atoms with van der Waals surface area (Å²) in [5.41, 5.74) is 9.55. The number of para-hydroxylation sites is 1. The number of fused-ring (bicyclic) bond motifs is 2. The molecule has 1 aromatic heterocycles. The Labute approximate surface area is 500 Å². The Morgan fingerprint density at radius 1 is 0.493 bits per heavy atom. The summed E-state index contributed by atoms with van der Waals surface area (Å²) in [4.78, 5) is 3.84. The predicted octanol–water partition coefficient (Wildman–Crippen LogP) is 19.9. The van der Waals surface area contributed by atoms with E-state index in [4.69, 9.17) is 5.11 Å². The van der Waals surface area contributed by atoms with Gasteiger partial charge in [-0.25, -0.2) is 0 Å². The van der Waals surface area contributed by atoms with E-state index >= 15 is 0 Å². The molecule has 2 aliphatic rings. The van der Waals surface area contributed by atoms with Crippen LogP contribution in [0.4, 0.5) is 5.69 Å². The van der Waals surface area contributed by atoms with Crippen LogP contribution in [0.1, 0.15) is 140 Å². The van der Waals surface area contributed by atoms with E-state index in [0.717, 1.165) is 28.5 Å². The van der Waals surface area contributed by atoms with Crippen molar-refractivity contribution in [2.45, 2.75) is 150 Å². The summed E-state index contributed by atoms with van der Waals surface area (Å²) in [6, 6.07) is 51.7. The van der Waals surface area contributed by atoms with Gasteiger partial charge in [-0.3, -0.25) is 0 Å². The minimum Gasteiger partial charge on any atom is -0.508 e. The van der Waals surface area contributed by atoms with Crippen LogP contribution in [-0.4, -0.2) is 28.4 Å². The number of anilines is 1. The fourth-order valence-electron chi connectivity index (χ4n) is 7.11. The number of nitrogens with zero attached hydrogens (tertiary/aromatic N) is 1. The average molecular weight is 1160 g/mol. The van der Waals surface area contributed by atoms with E-state index in [-0.39, 0.29) is 65.4 Å². The van der Waals surface area contributed by atoms with Gasteiger partial charge < -0.3 is 20.2 Å². The van der Waals surface area contributed by atoms with Gasteiger partial charge in [-0.2, -0.15) is 35.9 Å². The van der Waals surface area contributed by atoms with Crippen LogP contribution < -0.4 is 4.90 Å². The normalized spacial score (nSPS) is 10.2. The summed E-state index contributed by atoms with van der Waals surface area (Å²) in [7, 11) is 0. The molecule has 0 fully saturated rings. The molecule has 0 atom stereocenters. The number of hydrogen-bond donors (Lipinski definition) is 3. The zero-order valence-corrected chi connectivity index (χ0v) is 54.9. The molecule has 10 rings (SSSR count). The van der Waals surface area contributed by atoms with E-state index in [1.165, 1.54) is 81.3 Å². The molecule has 7 heteroatoms. The zero-order valence-electron chi connectivity index (χ0n) is 48.5. The topological polar surface area (TPSA) is 63.9 Å². The first kappa shape index (κ1) is 75.7. The molecular formula is C66H93NO3SY2-2. The quantitative estimate of drug-likeness (QED) is 0.132. The van der Waals surface area contributed by atoms with Crippen LogP contribution in [-0.2, 0) is 78.3 Å². The van der Waals surface area contributed by atoms with Crippen molar-refractivity contribution < 1.29 is 80.7 Å². The number of rotatable bonds is 0. The second-order valence-corrected chi connectivity index (χ2v) is 16.1. The first-order valence-corrected chi connectivity index (χ1v) is 27.2. The number of hydrogen-bond acceptors (Lipinski definition) is 5. The Kier molecular flexibility index (Phi) is 49.6. The third-order valence-corrected chi connectivity index (χ3v) is 11.2. The number of aryl methyl sites for hydroxylation is 7. The van der Waals surface area contributed by atoms with Crippen LogP contribution in [0.5, 0.6) is 17.2 Å². The smallest absolute Gasteiger partial charge is 0.123 e. The van der Waals surface area contributed by atoms with Crippen molar-refractivity contribution in [2.75, 3.05) is 18.0 Å². The molecule has 0 saturated heterocycles. The summed E-state index contributed by atoms with van der Waals surface area (Å²) in [6.07, 6.45) is 4.67. The van der Waals surface area contributed by atoms with Gasteiger partial charge >= 0.3 is 0 Å². The van der Waals surface area contributed by atoms with Gasteiger partial charge in [0.2, 0.25) is 0 Å². The second kappa shape index (κ2) is 47.9. The van der Waals surface area contributed by atoms with E-state index in [1.54, 1.807) is 23.5 Å². The molecule has 3 N–H and O–H groups in total. The summed E-state index contributed by atoms with van der Waals surface area (Å²) < 4.78 is 0. The van der Waals surface area contributed by atoms with Crippen molar-refractivity contribution in [3.63, 3.8) is 0 Å². The maximum Gasteiger partial charge on any atom is 0.123 e. The van der Waals surface area contributed by atoms with Crippen molar-refractivity contribution in [3.05, 3.63) is 201 Å². The first-order chi connectivity index (χ1) is 34.5. The third kappa shape index (κ3) is 28.0. The van der Waals surface area contributed by atoms with Crippen LogP contribution in [0.3, 0.4) is 0 Å². The van der Waals surface area contributed by atoms with E-state index in [2.05, 4.69) is 85.6 Å². The van der Waals surface area contributed by atoms with Crippen molar-refractivity contribution in [1.82, 2.24) is 0 Å². The predicted molar refractivity (Wildman–Crippen MR) is 320 cm³/mol. The van der Waals surface area contributed by atoms with Crippen molar-refractivity contribution in [3.8, 4) is 17.2 Å². The molecule has 2 aliphatic heterocycles. The maximum absolute atomic E-state index is 10.1. The van der Waals surface area contributed by atoms with Crippen LogP contribution in [0, 0.1) is 53.7 Å². The number of phenols is 3. The van der Waals surface area contributed by atoms with Crippen LogP contribution in [0.25, 0.3) is 21.5 Å². The van der Waals surface area contributed by atoms with Gasteiger partial charge in [0.25, 0.3) is 0 Å². The molecule has 4 nitrogen and oxygen atoms in total. The Bertz CT molecular complexity index is 2500. The number of phenolic OH excluding ortho intramolecular Hbond substituents is 3. The van der Waals surface area contributed by atoms with Crippen LogP contribution >= 0.6 is 11.3 Å². The Balaban J connectivity index is -0.000000381. The molecule has 0 unspecified atom stereocenters. The van der Waals surface area contributed by atoms with Crippen LogP contribution in [0.2, 0.25) is 0 Å². The molecular weight excluding hydrogens is 1060 g/mol. The van der Waals surface area contributed by atoms with Crippen molar-refractivity contribution in [2.24, 2.45) is 0 Å². The van der Waals surface area contributed by atoms with Gasteiger partial charge in [0.1, 0.15) is 17.2 Å². The number of benzene rings is 7. The number of aromatic hydroxyl groups is 3. The molecule has 7 aromatic carbocycles. The average Bonchev–Trinajstić information content (AvgIpc) is 3.93. The molecule has 0 bridgehead atoms. The van der Waals surface area contributed by atoms with E-state index in [1.807, 2.05) is 189 Å². The van der Waals surface area contributed by atoms with Crippen LogP contribution in [0.15, 0.2) is 145 Å². The molecule has 394 valence electrons. The molecule has 3 heterocycles. The molecule has 8 aromatic rings.